The zero-order chi connectivity index (χ0) is 17.6. The number of amides is 1. The van der Waals surface area contributed by atoms with Crippen molar-refractivity contribution < 1.29 is 14.1 Å². The fraction of sp³-hybridized carbons (Fsp3) is 0.200. The molecule has 1 aromatic heterocycles. The SMILES string of the molecule is COc1ccc(CCN(C)C(=O)c2cc(-c3ccccc3)on2)cc1. The van der Waals surface area contributed by atoms with Gasteiger partial charge in [-0.3, -0.25) is 4.79 Å². The van der Waals surface area contributed by atoms with Crippen molar-refractivity contribution in [3.8, 4) is 17.1 Å². The van der Waals surface area contributed by atoms with Crippen molar-refractivity contribution in [3.63, 3.8) is 0 Å². The molecule has 0 atom stereocenters. The van der Waals surface area contributed by atoms with Gasteiger partial charge < -0.3 is 14.2 Å². The van der Waals surface area contributed by atoms with Crippen LogP contribution in [-0.4, -0.2) is 36.7 Å². The Kier molecular flexibility index (Phi) is 5.14. The van der Waals surface area contributed by atoms with Gasteiger partial charge in [0.25, 0.3) is 5.91 Å². The number of nitrogens with zero attached hydrogens (tertiary/aromatic N) is 2. The zero-order valence-electron chi connectivity index (χ0n) is 14.3. The number of aromatic nitrogens is 1. The minimum Gasteiger partial charge on any atom is -0.497 e. The third kappa shape index (κ3) is 4.07. The molecule has 0 aliphatic rings. The van der Waals surface area contributed by atoms with E-state index in [1.54, 1.807) is 25.1 Å². The van der Waals surface area contributed by atoms with Gasteiger partial charge in [0.05, 0.1) is 7.11 Å². The molecule has 5 nitrogen and oxygen atoms in total. The predicted octanol–water partition coefficient (Wildman–Crippen LogP) is 3.66. The van der Waals surface area contributed by atoms with Crippen LogP contribution >= 0.6 is 0 Å². The van der Waals surface area contributed by atoms with Gasteiger partial charge in [-0.05, 0) is 24.1 Å². The average Bonchev–Trinajstić information content (AvgIpc) is 3.16. The second-order valence-electron chi connectivity index (χ2n) is 5.77. The molecule has 3 rings (SSSR count). The second kappa shape index (κ2) is 7.66. The fourth-order valence-electron chi connectivity index (χ4n) is 2.50. The van der Waals surface area contributed by atoms with Crippen LogP contribution in [0.5, 0.6) is 5.75 Å². The van der Waals surface area contributed by atoms with Gasteiger partial charge in [0.2, 0.25) is 0 Å². The van der Waals surface area contributed by atoms with Gasteiger partial charge in [0, 0.05) is 25.2 Å². The quantitative estimate of drug-likeness (QED) is 0.689. The summed E-state index contributed by atoms with van der Waals surface area (Å²) < 4.78 is 10.4. The summed E-state index contributed by atoms with van der Waals surface area (Å²) in [6.45, 7) is 0.596. The maximum absolute atomic E-state index is 12.5. The highest BCUT2D eigenvalue weighted by Crippen LogP contribution is 2.20. The molecule has 0 bridgehead atoms. The topological polar surface area (TPSA) is 55.6 Å². The third-order valence-corrected chi connectivity index (χ3v) is 4.03. The molecule has 0 unspecified atom stereocenters. The standard InChI is InChI=1S/C20H20N2O3/c1-22(13-12-15-8-10-17(24-2)11-9-15)20(23)18-14-19(25-21-18)16-6-4-3-5-7-16/h3-11,14H,12-13H2,1-2H3. The van der Waals surface area contributed by atoms with Gasteiger partial charge in [0.15, 0.2) is 11.5 Å². The Hall–Kier alpha value is -3.08. The summed E-state index contributed by atoms with van der Waals surface area (Å²) in [4.78, 5) is 14.1. The number of hydrogen-bond donors (Lipinski definition) is 0. The van der Waals surface area contributed by atoms with Gasteiger partial charge in [-0.15, -0.1) is 0 Å². The van der Waals surface area contributed by atoms with Crippen LogP contribution in [0.1, 0.15) is 16.1 Å². The molecule has 0 N–H and O–H groups in total. The molecule has 0 saturated carbocycles. The Morgan fingerprint density at radius 3 is 2.52 bits per heavy atom. The number of likely N-dealkylation sites (N-methyl/N-ethyl adjacent to an activating group) is 1. The smallest absolute Gasteiger partial charge is 0.275 e. The molecule has 5 heteroatoms. The molecular weight excluding hydrogens is 316 g/mol. The summed E-state index contributed by atoms with van der Waals surface area (Å²) in [5, 5.41) is 3.91. The van der Waals surface area contributed by atoms with E-state index in [0.29, 0.717) is 18.0 Å². The van der Waals surface area contributed by atoms with E-state index in [2.05, 4.69) is 5.16 Å². The lowest BCUT2D eigenvalue weighted by Crippen LogP contribution is -2.29. The summed E-state index contributed by atoms with van der Waals surface area (Å²) in [6, 6.07) is 19.1. The van der Waals surface area contributed by atoms with Crippen molar-refractivity contribution in [1.29, 1.82) is 0 Å². The van der Waals surface area contributed by atoms with Crippen LogP contribution in [0.15, 0.2) is 65.2 Å². The third-order valence-electron chi connectivity index (χ3n) is 4.03. The lowest BCUT2D eigenvalue weighted by Gasteiger charge is -2.15. The molecule has 0 spiro atoms. The summed E-state index contributed by atoms with van der Waals surface area (Å²) in [6.07, 6.45) is 0.760. The summed E-state index contributed by atoms with van der Waals surface area (Å²) in [7, 11) is 3.41. The molecule has 2 aromatic carbocycles. The van der Waals surface area contributed by atoms with Gasteiger partial charge >= 0.3 is 0 Å². The van der Waals surface area contributed by atoms with Crippen LogP contribution in [0.4, 0.5) is 0 Å². The van der Waals surface area contributed by atoms with Crippen LogP contribution in [-0.2, 0) is 6.42 Å². The molecule has 0 fully saturated rings. The first-order valence-electron chi connectivity index (χ1n) is 8.08. The minimum atomic E-state index is -0.153. The minimum absolute atomic E-state index is 0.153. The lowest BCUT2D eigenvalue weighted by atomic mass is 10.1. The highest BCUT2D eigenvalue weighted by molar-refractivity contribution is 5.92. The molecule has 1 heterocycles. The summed E-state index contributed by atoms with van der Waals surface area (Å²) >= 11 is 0. The zero-order valence-corrected chi connectivity index (χ0v) is 14.3. The Bertz CT molecular complexity index is 826. The fourth-order valence-corrected chi connectivity index (χ4v) is 2.50. The molecule has 128 valence electrons. The molecule has 25 heavy (non-hydrogen) atoms. The molecule has 0 aliphatic carbocycles. The molecule has 0 saturated heterocycles. The average molecular weight is 336 g/mol. The maximum Gasteiger partial charge on any atom is 0.275 e. The summed E-state index contributed by atoms with van der Waals surface area (Å²) in [5.74, 6) is 1.26. The van der Waals surface area contributed by atoms with Crippen LogP contribution in [0.25, 0.3) is 11.3 Å². The molecule has 3 aromatic rings. The van der Waals surface area contributed by atoms with Gasteiger partial charge in [-0.2, -0.15) is 0 Å². The molecule has 1 amide bonds. The Labute approximate surface area is 146 Å². The largest absolute Gasteiger partial charge is 0.497 e. The van der Waals surface area contributed by atoms with Crippen LogP contribution in [0, 0.1) is 0 Å². The van der Waals surface area contributed by atoms with Gasteiger partial charge in [-0.1, -0.05) is 47.6 Å². The van der Waals surface area contributed by atoms with Crippen molar-refractivity contribution in [1.82, 2.24) is 10.1 Å². The van der Waals surface area contributed by atoms with Gasteiger partial charge in [-0.25, -0.2) is 0 Å². The van der Waals surface area contributed by atoms with Crippen molar-refractivity contribution in [2.75, 3.05) is 20.7 Å². The van der Waals surface area contributed by atoms with E-state index in [-0.39, 0.29) is 5.91 Å². The van der Waals surface area contributed by atoms with E-state index in [1.165, 1.54) is 0 Å². The Balaban J connectivity index is 1.61. The number of carbonyl (C=O) groups excluding carboxylic acids is 1. The highest BCUT2D eigenvalue weighted by Gasteiger charge is 2.17. The highest BCUT2D eigenvalue weighted by atomic mass is 16.5. The van der Waals surface area contributed by atoms with E-state index in [1.807, 2.05) is 54.6 Å². The number of hydrogen-bond acceptors (Lipinski definition) is 4. The van der Waals surface area contributed by atoms with Crippen molar-refractivity contribution in [3.05, 3.63) is 71.9 Å². The van der Waals surface area contributed by atoms with Crippen molar-refractivity contribution in [2.45, 2.75) is 6.42 Å². The Morgan fingerprint density at radius 1 is 1.12 bits per heavy atom. The first-order chi connectivity index (χ1) is 12.2. The van der Waals surface area contributed by atoms with Crippen molar-refractivity contribution >= 4 is 5.91 Å². The second-order valence-corrected chi connectivity index (χ2v) is 5.77. The summed E-state index contributed by atoms with van der Waals surface area (Å²) in [5.41, 5.74) is 2.36. The number of carbonyl (C=O) groups is 1. The first kappa shape index (κ1) is 16.8. The molecular formula is C20H20N2O3. The molecule has 0 aliphatic heterocycles. The van der Waals surface area contributed by atoms with Crippen molar-refractivity contribution in [2.24, 2.45) is 0 Å². The van der Waals surface area contributed by atoms with Crippen LogP contribution < -0.4 is 4.74 Å². The van der Waals surface area contributed by atoms with Crippen LogP contribution in [0.3, 0.4) is 0 Å². The Morgan fingerprint density at radius 2 is 1.84 bits per heavy atom. The van der Waals surface area contributed by atoms with Crippen LogP contribution in [0.2, 0.25) is 0 Å². The van der Waals surface area contributed by atoms with E-state index in [4.69, 9.17) is 9.26 Å². The molecule has 0 radical (unpaired) electrons. The van der Waals surface area contributed by atoms with E-state index in [0.717, 1.165) is 23.3 Å². The first-order valence-corrected chi connectivity index (χ1v) is 8.08. The van der Waals surface area contributed by atoms with E-state index < -0.39 is 0 Å². The number of ether oxygens (including phenoxy) is 1. The predicted molar refractivity (Wildman–Crippen MR) is 95.6 cm³/mol. The number of benzene rings is 2. The monoisotopic (exact) mass is 336 g/mol. The van der Waals surface area contributed by atoms with E-state index >= 15 is 0 Å². The lowest BCUT2D eigenvalue weighted by molar-refractivity contribution is 0.0786. The number of rotatable bonds is 6. The van der Waals surface area contributed by atoms with E-state index in [9.17, 15) is 4.79 Å². The van der Waals surface area contributed by atoms with Gasteiger partial charge in [0.1, 0.15) is 5.75 Å². The number of methoxy groups -OCH3 is 1. The maximum atomic E-state index is 12.5. The normalized spacial score (nSPS) is 10.5.